The normalized spacial score (nSPS) is 11.2. The molecule has 0 saturated heterocycles. The number of amides is 1. The van der Waals surface area contributed by atoms with Crippen LogP contribution in [0.2, 0.25) is 0 Å². The summed E-state index contributed by atoms with van der Waals surface area (Å²) in [5, 5.41) is 12.3. The second-order valence-electron chi connectivity index (χ2n) is 4.33. The zero-order valence-electron chi connectivity index (χ0n) is 9.46. The number of phenols is 1. The van der Waals surface area contributed by atoms with Crippen molar-refractivity contribution in [1.82, 2.24) is 5.32 Å². The molecule has 1 aromatic carbocycles. The maximum absolute atomic E-state index is 11.7. The van der Waals surface area contributed by atoms with Crippen LogP contribution in [0.15, 0.2) is 24.3 Å². The molecule has 88 valence electrons. The standard InChI is InChI=1S/C12H16ClNO2/c1-12(2,8-13)11(16)14-7-9-5-3-4-6-10(9)15/h3-6,15H,7-8H2,1-2H3,(H,14,16). The molecule has 3 nitrogen and oxygen atoms in total. The van der Waals surface area contributed by atoms with E-state index in [1.165, 1.54) is 0 Å². The number of alkyl halides is 1. The van der Waals surface area contributed by atoms with Gasteiger partial charge in [-0.15, -0.1) is 11.6 Å². The summed E-state index contributed by atoms with van der Waals surface area (Å²) in [4.78, 5) is 11.7. The van der Waals surface area contributed by atoms with Gasteiger partial charge in [0.1, 0.15) is 5.75 Å². The minimum Gasteiger partial charge on any atom is -0.508 e. The van der Waals surface area contributed by atoms with Crippen LogP contribution in [-0.2, 0) is 11.3 Å². The van der Waals surface area contributed by atoms with Crippen molar-refractivity contribution >= 4 is 17.5 Å². The molecular formula is C12H16ClNO2. The van der Waals surface area contributed by atoms with Crippen molar-refractivity contribution in [3.05, 3.63) is 29.8 Å². The number of carbonyl (C=O) groups excluding carboxylic acids is 1. The van der Waals surface area contributed by atoms with Gasteiger partial charge >= 0.3 is 0 Å². The Morgan fingerprint density at radius 2 is 2.06 bits per heavy atom. The molecule has 0 bridgehead atoms. The van der Waals surface area contributed by atoms with Gasteiger partial charge in [0.25, 0.3) is 0 Å². The fourth-order valence-electron chi connectivity index (χ4n) is 1.14. The van der Waals surface area contributed by atoms with Crippen molar-refractivity contribution in [3.63, 3.8) is 0 Å². The Hall–Kier alpha value is -1.22. The molecule has 0 radical (unpaired) electrons. The Morgan fingerprint density at radius 3 is 2.62 bits per heavy atom. The van der Waals surface area contributed by atoms with E-state index in [1.807, 2.05) is 6.07 Å². The van der Waals surface area contributed by atoms with Crippen LogP contribution < -0.4 is 5.32 Å². The van der Waals surface area contributed by atoms with Crippen LogP contribution in [0.25, 0.3) is 0 Å². The van der Waals surface area contributed by atoms with Crippen molar-refractivity contribution in [3.8, 4) is 5.75 Å². The maximum atomic E-state index is 11.7. The van der Waals surface area contributed by atoms with Gasteiger partial charge in [-0.1, -0.05) is 18.2 Å². The lowest BCUT2D eigenvalue weighted by atomic mass is 9.95. The molecule has 0 saturated carbocycles. The van der Waals surface area contributed by atoms with E-state index in [2.05, 4.69) is 5.32 Å². The summed E-state index contributed by atoms with van der Waals surface area (Å²) in [6.45, 7) is 3.87. The van der Waals surface area contributed by atoms with E-state index in [-0.39, 0.29) is 17.5 Å². The fraction of sp³-hybridized carbons (Fsp3) is 0.417. The number of phenolic OH excluding ortho intramolecular Hbond substituents is 1. The molecule has 0 aliphatic carbocycles. The summed E-state index contributed by atoms with van der Waals surface area (Å²) >= 11 is 5.69. The molecule has 0 fully saturated rings. The van der Waals surface area contributed by atoms with Gasteiger partial charge in [-0.05, 0) is 19.9 Å². The number of rotatable bonds is 4. The molecule has 0 unspecified atom stereocenters. The van der Waals surface area contributed by atoms with Crippen molar-refractivity contribution in [2.24, 2.45) is 5.41 Å². The molecule has 16 heavy (non-hydrogen) atoms. The molecule has 0 atom stereocenters. The number of hydrogen-bond acceptors (Lipinski definition) is 2. The number of hydrogen-bond donors (Lipinski definition) is 2. The molecule has 0 aliphatic rings. The van der Waals surface area contributed by atoms with Gasteiger partial charge in [0.05, 0.1) is 5.41 Å². The number of aromatic hydroxyl groups is 1. The van der Waals surface area contributed by atoms with E-state index in [0.29, 0.717) is 12.1 Å². The summed E-state index contributed by atoms with van der Waals surface area (Å²) in [7, 11) is 0. The van der Waals surface area contributed by atoms with E-state index in [9.17, 15) is 9.90 Å². The third-order valence-electron chi connectivity index (χ3n) is 2.38. The summed E-state index contributed by atoms with van der Waals surface area (Å²) < 4.78 is 0. The molecule has 1 rings (SSSR count). The molecule has 0 spiro atoms. The lowest BCUT2D eigenvalue weighted by Crippen LogP contribution is -2.37. The number of nitrogens with one attached hydrogen (secondary N) is 1. The Balaban J connectivity index is 2.59. The third-order valence-corrected chi connectivity index (χ3v) is 3.05. The highest BCUT2D eigenvalue weighted by Gasteiger charge is 2.26. The zero-order valence-corrected chi connectivity index (χ0v) is 10.2. The van der Waals surface area contributed by atoms with E-state index >= 15 is 0 Å². The van der Waals surface area contributed by atoms with Gasteiger partial charge in [-0.2, -0.15) is 0 Å². The molecule has 0 aliphatic heterocycles. The monoisotopic (exact) mass is 241 g/mol. The van der Waals surface area contributed by atoms with Crippen molar-refractivity contribution in [2.75, 3.05) is 5.88 Å². The number of halogens is 1. The first-order chi connectivity index (χ1) is 7.47. The Labute approximate surface area is 100 Å². The van der Waals surface area contributed by atoms with Gasteiger partial charge < -0.3 is 10.4 Å². The SMILES string of the molecule is CC(C)(CCl)C(=O)NCc1ccccc1O. The Kier molecular flexibility index (Phi) is 4.19. The van der Waals surface area contributed by atoms with E-state index in [0.717, 1.165) is 0 Å². The van der Waals surface area contributed by atoms with E-state index < -0.39 is 5.41 Å². The second-order valence-corrected chi connectivity index (χ2v) is 4.60. The molecule has 4 heteroatoms. The average molecular weight is 242 g/mol. The molecule has 0 heterocycles. The predicted octanol–water partition coefficient (Wildman–Crippen LogP) is 2.27. The average Bonchev–Trinajstić information content (AvgIpc) is 2.27. The van der Waals surface area contributed by atoms with Gasteiger partial charge in [-0.25, -0.2) is 0 Å². The zero-order chi connectivity index (χ0) is 12.2. The largest absolute Gasteiger partial charge is 0.508 e. The molecule has 2 N–H and O–H groups in total. The van der Waals surface area contributed by atoms with Crippen molar-refractivity contribution < 1.29 is 9.90 Å². The third kappa shape index (κ3) is 3.14. The lowest BCUT2D eigenvalue weighted by molar-refractivity contribution is -0.128. The van der Waals surface area contributed by atoms with Crippen molar-refractivity contribution in [2.45, 2.75) is 20.4 Å². The van der Waals surface area contributed by atoms with Gasteiger partial charge in [0.2, 0.25) is 5.91 Å². The summed E-state index contributed by atoms with van der Waals surface area (Å²) in [5.74, 6) is 0.330. The van der Waals surface area contributed by atoms with Crippen LogP contribution >= 0.6 is 11.6 Å². The topological polar surface area (TPSA) is 49.3 Å². The molecule has 1 aromatic rings. The van der Waals surface area contributed by atoms with Crippen LogP contribution in [-0.4, -0.2) is 16.9 Å². The smallest absolute Gasteiger partial charge is 0.227 e. The summed E-state index contributed by atoms with van der Waals surface area (Å²) in [6, 6.07) is 6.91. The van der Waals surface area contributed by atoms with Crippen LogP contribution in [0.4, 0.5) is 0 Å². The minimum absolute atomic E-state index is 0.120. The van der Waals surface area contributed by atoms with Crippen LogP contribution in [0.1, 0.15) is 19.4 Å². The highest BCUT2D eigenvalue weighted by atomic mass is 35.5. The number of carbonyl (C=O) groups is 1. The highest BCUT2D eigenvalue weighted by molar-refractivity contribution is 6.19. The van der Waals surface area contributed by atoms with Crippen LogP contribution in [0, 0.1) is 5.41 Å². The fourth-order valence-corrected chi connectivity index (χ4v) is 1.26. The molecule has 0 aromatic heterocycles. The summed E-state index contributed by atoms with van der Waals surface area (Å²) in [5.41, 5.74) is 0.104. The number of benzene rings is 1. The predicted molar refractivity (Wildman–Crippen MR) is 64.5 cm³/mol. The summed E-state index contributed by atoms with van der Waals surface area (Å²) in [6.07, 6.45) is 0. The quantitative estimate of drug-likeness (QED) is 0.795. The first-order valence-corrected chi connectivity index (χ1v) is 5.62. The second kappa shape index (κ2) is 5.21. The van der Waals surface area contributed by atoms with Gasteiger partial charge in [0.15, 0.2) is 0 Å². The van der Waals surface area contributed by atoms with Crippen LogP contribution in [0.3, 0.4) is 0 Å². The van der Waals surface area contributed by atoms with E-state index in [1.54, 1.807) is 32.0 Å². The molecule has 1 amide bonds. The van der Waals surface area contributed by atoms with E-state index in [4.69, 9.17) is 11.6 Å². The Morgan fingerprint density at radius 1 is 1.44 bits per heavy atom. The van der Waals surface area contributed by atoms with Crippen molar-refractivity contribution in [1.29, 1.82) is 0 Å². The Bertz CT molecular complexity index is 377. The molecular weight excluding hydrogens is 226 g/mol. The highest BCUT2D eigenvalue weighted by Crippen LogP contribution is 2.19. The first kappa shape index (κ1) is 12.8. The maximum Gasteiger partial charge on any atom is 0.227 e. The first-order valence-electron chi connectivity index (χ1n) is 5.08. The minimum atomic E-state index is -0.591. The van der Waals surface area contributed by atoms with Gasteiger partial charge in [0, 0.05) is 18.0 Å². The lowest BCUT2D eigenvalue weighted by Gasteiger charge is -2.20. The number of para-hydroxylation sites is 1. The van der Waals surface area contributed by atoms with Crippen LogP contribution in [0.5, 0.6) is 5.75 Å². The van der Waals surface area contributed by atoms with Gasteiger partial charge in [-0.3, -0.25) is 4.79 Å².